The smallest absolute Gasteiger partial charge is 0.224 e. The Morgan fingerprint density at radius 2 is 1.96 bits per heavy atom. The van der Waals surface area contributed by atoms with Crippen molar-refractivity contribution in [2.24, 2.45) is 0 Å². The number of methoxy groups -OCH3 is 1. The van der Waals surface area contributed by atoms with Gasteiger partial charge in [-0.05, 0) is 37.5 Å². The van der Waals surface area contributed by atoms with E-state index < -0.39 is 5.60 Å². The largest absolute Gasteiger partial charge is 0.480 e. The van der Waals surface area contributed by atoms with Crippen LogP contribution in [-0.4, -0.2) is 65.4 Å². The number of hydrogen-bond acceptors (Lipinski definition) is 6. The van der Waals surface area contributed by atoms with Gasteiger partial charge in [0.05, 0.1) is 23.6 Å². The van der Waals surface area contributed by atoms with Crippen molar-refractivity contribution in [3.8, 4) is 5.88 Å². The zero-order valence-electron chi connectivity index (χ0n) is 14.1. The third-order valence-electron chi connectivity index (χ3n) is 5.32. The standard InChI is InChI=1S/C18H24N4O2/c1-24-17-15-11-14(3-4-16(15)19-13-20-17)22-9-7-21(8-10-22)12-18(23)5-2-6-18/h3-4,11,13,23H,2,5-10,12H2,1H3. The predicted octanol–water partition coefficient (Wildman–Crippen LogP) is 1.68. The summed E-state index contributed by atoms with van der Waals surface area (Å²) in [5.74, 6) is 0.618. The van der Waals surface area contributed by atoms with Crippen molar-refractivity contribution >= 4 is 16.6 Å². The fourth-order valence-corrected chi connectivity index (χ4v) is 3.70. The van der Waals surface area contributed by atoms with Gasteiger partial charge in [-0.15, -0.1) is 0 Å². The van der Waals surface area contributed by atoms with Gasteiger partial charge in [-0.3, -0.25) is 4.90 Å². The van der Waals surface area contributed by atoms with Gasteiger partial charge >= 0.3 is 0 Å². The molecule has 0 spiro atoms. The molecule has 2 fully saturated rings. The number of aliphatic hydroxyl groups is 1. The van der Waals surface area contributed by atoms with Gasteiger partial charge in [0, 0.05) is 38.4 Å². The maximum Gasteiger partial charge on any atom is 0.224 e. The molecule has 1 saturated carbocycles. The Kier molecular flexibility index (Phi) is 4.02. The second-order valence-corrected chi connectivity index (χ2v) is 6.93. The van der Waals surface area contributed by atoms with Crippen LogP contribution in [0, 0.1) is 0 Å². The fraction of sp³-hybridized carbons (Fsp3) is 0.556. The molecule has 1 aliphatic carbocycles. The summed E-state index contributed by atoms with van der Waals surface area (Å²) in [6.07, 6.45) is 4.61. The normalized spacial score (nSPS) is 20.8. The van der Waals surface area contributed by atoms with Gasteiger partial charge in [0.2, 0.25) is 5.88 Å². The molecule has 1 aliphatic heterocycles. The van der Waals surface area contributed by atoms with Crippen molar-refractivity contribution in [1.29, 1.82) is 0 Å². The van der Waals surface area contributed by atoms with Crippen LogP contribution in [0.15, 0.2) is 24.5 Å². The highest BCUT2D eigenvalue weighted by molar-refractivity contribution is 5.86. The van der Waals surface area contributed by atoms with Gasteiger partial charge < -0.3 is 14.7 Å². The van der Waals surface area contributed by atoms with E-state index in [4.69, 9.17) is 4.74 Å². The Bertz CT molecular complexity index is 724. The maximum absolute atomic E-state index is 10.3. The number of ether oxygens (including phenoxy) is 1. The number of β-amino-alcohol motifs (C(OH)–C–C–N with tert-alkyl or cyclic N) is 1. The van der Waals surface area contributed by atoms with Crippen molar-refractivity contribution < 1.29 is 9.84 Å². The second-order valence-electron chi connectivity index (χ2n) is 6.93. The maximum atomic E-state index is 10.3. The van der Waals surface area contributed by atoms with E-state index in [1.54, 1.807) is 7.11 Å². The summed E-state index contributed by atoms with van der Waals surface area (Å²) in [5, 5.41) is 11.3. The minimum absolute atomic E-state index is 0.421. The lowest BCUT2D eigenvalue weighted by molar-refractivity contribution is -0.0594. The molecule has 2 heterocycles. The van der Waals surface area contributed by atoms with E-state index in [1.165, 1.54) is 12.0 Å². The molecule has 6 nitrogen and oxygen atoms in total. The SMILES string of the molecule is COc1ncnc2ccc(N3CCN(CC4(O)CCC4)CC3)cc12. The summed E-state index contributed by atoms with van der Waals surface area (Å²) < 4.78 is 5.35. The van der Waals surface area contributed by atoms with Crippen molar-refractivity contribution in [2.45, 2.75) is 24.9 Å². The highest BCUT2D eigenvalue weighted by Gasteiger charge is 2.36. The second kappa shape index (κ2) is 6.18. The quantitative estimate of drug-likeness (QED) is 0.921. The fourth-order valence-electron chi connectivity index (χ4n) is 3.70. The number of fused-ring (bicyclic) bond motifs is 1. The van der Waals surface area contributed by atoms with E-state index >= 15 is 0 Å². The Morgan fingerprint density at radius 3 is 2.62 bits per heavy atom. The molecule has 1 N–H and O–H groups in total. The minimum atomic E-state index is -0.421. The first-order valence-corrected chi connectivity index (χ1v) is 8.65. The summed E-state index contributed by atoms with van der Waals surface area (Å²) in [5.41, 5.74) is 1.66. The average Bonchev–Trinajstić information content (AvgIpc) is 2.60. The molecule has 1 aromatic carbocycles. The molecule has 24 heavy (non-hydrogen) atoms. The third-order valence-corrected chi connectivity index (χ3v) is 5.32. The minimum Gasteiger partial charge on any atom is -0.480 e. The van der Waals surface area contributed by atoms with Crippen molar-refractivity contribution in [3.63, 3.8) is 0 Å². The van der Waals surface area contributed by atoms with Gasteiger partial charge in [0.1, 0.15) is 6.33 Å². The van der Waals surface area contributed by atoms with Crippen LogP contribution in [0.2, 0.25) is 0 Å². The van der Waals surface area contributed by atoms with Gasteiger partial charge in [0.25, 0.3) is 0 Å². The zero-order valence-corrected chi connectivity index (χ0v) is 14.1. The average molecular weight is 328 g/mol. The molecule has 4 rings (SSSR count). The van der Waals surface area contributed by atoms with Gasteiger partial charge in [-0.1, -0.05) is 0 Å². The molecule has 0 unspecified atom stereocenters. The highest BCUT2D eigenvalue weighted by Crippen LogP contribution is 2.33. The van der Waals surface area contributed by atoms with Crippen molar-refractivity contribution in [1.82, 2.24) is 14.9 Å². The number of nitrogens with zero attached hydrogens (tertiary/aromatic N) is 4. The van der Waals surface area contributed by atoms with Crippen LogP contribution >= 0.6 is 0 Å². The van der Waals surface area contributed by atoms with E-state index in [0.29, 0.717) is 5.88 Å². The molecule has 2 aromatic rings. The van der Waals surface area contributed by atoms with Crippen LogP contribution in [0.5, 0.6) is 5.88 Å². The number of hydrogen-bond donors (Lipinski definition) is 1. The summed E-state index contributed by atoms with van der Waals surface area (Å²) >= 11 is 0. The van der Waals surface area contributed by atoms with Crippen molar-refractivity contribution in [2.75, 3.05) is 44.7 Å². The number of piperazine rings is 1. The Hall–Kier alpha value is -1.92. The first-order chi connectivity index (χ1) is 11.7. The van der Waals surface area contributed by atoms with Gasteiger partial charge in [0.15, 0.2) is 0 Å². The third kappa shape index (κ3) is 2.91. The lowest BCUT2D eigenvalue weighted by Crippen LogP contribution is -2.54. The monoisotopic (exact) mass is 328 g/mol. The molecule has 6 heteroatoms. The summed E-state index contributed by atoms with van der Waals surface area (Å²) in [6.45, 7) is 4.74. The van der Waals surface area contributed by atoms with E-state index in [9.17, 15) is 5.11 Å². The molecule has 128 valence electrons. The van der Waals surface area contributed by atoms with Crippen LogP contribution in [0.1, 0.15) is 19.3 Å². The van der Waals surface area contributed by atoms with E-state index in [2.05, 4.69) is 31.9 Å². The zero-order chi connectivity index (χ0) is 16.6. The molecule has 0 radical (unpaired) electrons. The molecule has 2 aliphatic rings. The van der Waals surface area contributed by atoms with Gasteiger partial charge in [-0.2, -0.15) is 0 Å². The van der Waals surface area contributed by atoms with Gasteiger partial charge in [-0.25, -0.2) is 9.97 Å². The first-order valence-electron chi connectivity index (χ1n) is 8.65. The van der Waals surface area contributed by atoms with Crippen molar-refractivity contribution in [3.05, 3.63) is 24.5 Å². The lowest BCUT2D eigenvalue weighted by atomic mass is 9.80. The molecular formula is C18H24N4O2. The number of benzene rings is 1. The van der Waals surface area contributed by atoms with Crippen LogP contribution in [-0.2, 0) is 0 Å². The van der Waals surface area contributed by atoms with Crippen LogP contribution in [0.25, 0.3) is 10.9 Å². The molecule has 1 aromatic heterocycles. The van der Waals surface area contributed by atoms with E-state index in [-0.39, 0.29) is 0 Å². The summed E-state index contributed by atoms with van der Waals surface area (Å²) in [4.78, 5) is 13.3. The van der Waals surface area contributed by atoms with Crippen LogP contribution in [0.4, 0.5) is 5.69 Å². The summed E-state index contributed by atoms with van der Waals surface area (Å²) in [7, 11) is 1.64. The predicted molar refractivity (Wildman–Crippen MR) is 93.5 cm³/mol. The van der Waals surface area contributed by atoms with Crippen LogP contribution in [0.3, 0.4) is 0 Å². The molecule has 0 atom stereocenters. The molecule has 0 bridgehead atoms. The van der Waals surface area contributed by atoms with E-state index in [0.717, 1.165) is 62.9 Å². The molecule has 1 saturated heterocycles. The Balaban J connectivity index is 1.46. The Morgan fingerprint density at radius 1 is 1.17 bits per heavy atom. The number of aromatic nitrogens is 2. The number of rotatable bonds is 4. The van der Waals surface area contributed by atoms with E-state index in [1.807, 2.05) is 6.07 Å². The molecular weight excluding hydrogens is 304 g/mol. The molecule has 0 amide bonds. The topological polar surface area (TPSA) is 61.7 Å². The van der Waals surface area contributed by atoms with Crippen LogP contribution < -0.4 is 9.64 Å². The summed E-state index contributed by atoms with van der Waals surface area (Å²) in [6, 6.07) is 6.26. The first kappa shape index (κ1) is 15.6. The lowest BCUT2D eigenvalue weighted by Gasteiger charge is -2.44. The highest BCUT2D eigenvalue weighted by atomic mass is 16.5. The Labute approximate surface area is 142 Å². The number of anilines is 1.